The van der Waals surface area contributed by atoms with E-state index in [0.29, 0.717) is 30.4 Å². The van der Waals surface area contributed by atoms with Crippen LogP contribution in [0.2, 0.25) is 0 Å². The van der Waals surface area contributed by atoms with Gasteiger partial charge >= 0.3 is 7.82 Å². The van der Waals surface area contributed by atoms with Crippen LogP contribution in [-0.4, -0.2) is 69.2 Å². The lowest BCUT2D eigenvalue weighted by Gasteiger charge is -2.29. The first-order chi connectivity index (χ1) is 18.7. The Balaban J connectivity index is 2.12. The topological polar surface area (TPSA) is 188 Å². The molecule has 1 saturated heterocycles. The van der Waals surface area contributed by atoms with Crippen LogP contribution in [0.15, 0.2) is 30.3 Å². The fourth-order valence-electron chi connectivity index (χ4n) is 4.32. The number of benzene rings is 1. The molecule has 14 heteroatoms. The molecule has 4 amide bonds. The van der Waals surface area contributed by atoms with Gasteiger partial charge in [0.2, 0.25) is 23.6 Å². The van der Waals surface area contributed by atoms with Gasteiger partial charge in [-0.3, -0.25) is 29.0 Å². The maximum atomic E-state index is 14.4. The zero-order chi connectivity index (χ0) is 30.0. The number of hydrogen-bond acceptors (Lipinski definition) is 6. The molecule has 1 aromatic rings. The molecule has 1 aliphatic rings. The van der Waals surface area contributed by atoms with Gasteiger partial charge in [0.25, 0.3) is 0 Å². The van der Waals surface area contributed by atoms with Crippen LogP contribution < -0.4 is 20.9 Å². The molecule has 0 unspecified atom stereocenters. The van der Waals surface area contributed by atoms with Crippen LogP contribution in [0.1, 0.15) is 64.9 Å². The smallest absolute Gasteiger partial charge is 0.404 e. The van der Waals surface area contributed by atoms with Gasteiger partial charge in [0.1, 0.15) is 24.0 Å². The van der Waals surface area contributed by atoms with Crippen molar-refractivity contribution in [3.05, 3.63) is 35.9 Å². The van der Waals surface area contributed by atoms with Gasteiger partial charge < -0.3 is 25.8 Å². The Kier molecular flexibility index (Phi) is 12.3. The highest BCUT2D eigenvalue weighted by Crippen LogP contribution is 2.37. The fourth-order valence-corrected chi connectivity index (χ4v) is 4.72. The van der Waals surface area contributed by atoms with Crippen molar-refractivity contribution in [3.63, 3.8) is 0 Å². The van der Waals surface area contributed by atoms with Crippen molar-refractivity contribution in [2.45, 2.75) is 83.6 Å². The largest absolute Gasteiger partial charge is 0.524 e. The number of carbonyl (C=O) groups excluding carboxylic acids is 4. The summed E-state index contributed by atoms with van der Waals surface area (Å²) in [6.45, 7) is 4.98. The number of alkyl halides is 1. The van der Waals surface area contributed by atoms with Gasteiger partial charge in [-0.25, -0.2) is 8.96 Å². The Bertz CT molecular complexity index is 1140. The third-order valence-corrected chi connectivity index (χ3v) is 6.84. The number of nitrogens with one attached hydrogen (secondary N) is 2. The molecule has 0 aliphatic carbocycles. The predicted molar refractivity (Wildman–Crippen MR) is 145 cm³/mol. The van der Waals surface area contributed by atoms with Gasteiger partial charge in [0.05, 0.1) is 6.54 Å². The average Bonchev–Trinajstić information content (AvgIpc) is 3.26. The first-order valence-corrected chi connectivity index (χ1v) is 14.6. The van der Waals surface area contributed by atoms with E-state index in [1.165, 1.54) is 30.3 Å². The van der Waals surface area contributed by atoms with Crippen LogP contribution in [0.5, 0.6) is 5.75 Å². The van der Waals surface area contributed by atoms with E-state index in [-0.39, 0.29) is 25.1 Å². The maximum Gasteiger partial charge on any atom is 0.524 e. The van der Waals surface area contributed by atoms with E-state index in [2.05, 4.69) is 15.2 Å². The zero-order valence-electron chi connectivity index (χ0n) is 22.8. The van der Waals surface area contributed by atoms with E-state index in [1.54, 1.807) is 13.8 Å². The summed E-state index contributed by atoms with van der Waals surface area (Å²) in [6, 6.07) is 3.29. The Morgan fingerprint density at radius 1 is 1.20 bits per heavy atom. The van der Waals surface area contributed by atoms with E-state index in [4.69, 9.17) is 15.5 Å². The molecule has 1 fully saturated rings. The number of allylic oxidation sites excluding steroid dienone is 1. The lowest BCUT2D eigenvalue weighted by Crippen LogP contribution is -2.54. The Morgan fingerprint density at radius 2 is 1.85 bits per heavy atom. The van der Waals surface area contributed by atoms with Crippen molar-refractivity contribution >= 4 is 37.0 Å². The quantitative estimate of drug-likeness (QED) is 0.162. The van der Waals surface area contributed by atoms with Gasteiger partial charge in [0.15, 0.2) is 0 Å². The highest BCUT2D eigenvalue weighted by molar-refractivity contribution is 7.46. The van der Waals surface area contributed by atoms with Crippen LogP contribution in [0.25, 0.3) is 5.57 Å². The number of carbonyl (C=O) groups is 4. The minimum atomic E-state index is -4.70. The molecule has 0 bridgehead atoms. The molecule has 12 nitrogen and oxygen atoms in total. The molecule has 1 aliphatic heterocycles. The van der Waals surface area contributed by atoms with Crippen LogP contribution in [0, 0.1) is 0 Å². The van der Waals surface area contributed by atoms with Crippen molar-refractivity contribution in [2.75, 3.05) is 6.54 Å². The van der Waals surface area contributed by atoms with Gasteiger partial charge in [-0.2, -0.15) is 0 Å². The predicted octanol–water partition coefficient (Wildman–Crippen LogP) is 1.95. The Morgan fingerprint density at radius 3 is 2.42 bits per heavy atom. The van der Waals surface area contributed by atoms with Gasteiger partial charge in [-0.15, -0.1) is 0 Å². The number of halogens is 1. The summed E-state index contributed by atoms with van der Waals surface area (Å²) >= 11 is 0. The minimum absolute atomic E-state index is 0.0443. The SMILES string of the molecule is CCCC[C@H](NC(=O)/C=C(\C)c1ccc(OP(=O)(O)O)cc1)C(=O)N1C[C@@H](F)C[C@H]1C(=O)N[C@H](C)CCC(N)=O. The summed E-state index contributed by atoms with van der Waals surface area (Å²) in [7, 11) is -4.70. The second-order valence-corrected chi connectivity index (χ2v) is 11.1. The second-order valence-electron chi connectivity index (χ2n) is 9.89. The van der Waals surface area contributed by atoms with Crippen LogP contribution in [-0.2, 0) is 23.7 Å². The average molecular weight is 585 g/mol. The Hall–Kier alpha value is -3.28. The normalized spacial score (nSPS) is 19.1. The van der Waals surface area contributed by atoms with Gasteiger partial charge in [0, 0.05) is 25.0 Å². The molecule has 2 rings (SSSR count). The molecule has 40 heavy (non-hydrogen) atoms. The lowest BCUT2D eigenvalue weighted by atomic mass is 10.1. The maximum absolute atomic E-state index is 14.4. The van der Waals surface area contributed by atoms with Crippen LogP contribution >= 0.6 is 7.82 Å². The summed E-state index contributed by atoms with van der Waals surface area (Å²) in [4.78, 5) is 69.2. The van der Waals surface area contributed by atoms with Crippen LogP contribution in [0.3, 0.4) is 0 Å². The number of hydrogen-bond donors (Lipinski definition) is 5. The van der Waals surface area contributed by atoms with E-state index in [0.717, 1.165) is 11.3 Å². The molecule has 1 heterocycles. The van der Waals surface area contributed by atoms with Gasteiger partial charge in [-0.1, -0.05) is 31.9 Å². The molecule has 6 N–H and O–H groups in total. The molecule has 0 aromatic heterocycles. The summed E-state index contributed by atoms with van der Waals surface area (Å²) in [6.07, 6.45) is 1.72. The van der Waals surface area contributed by atoms with E-state index < -0.39 is 55.7 Å². The molecule has 0 saturated carbocycles. The molecular formula is C26H38FN4O8P. The number of primary amides is 1. The lowest BCUT2D eigenvalue weighted by molar-refractivity contribution is -0.141. The molecule has 0 radical (unpaired) electrons. The van der Waals surface area contributed by atoms with E-state index in [1.807, 2.05) is 6.92 Å². The van der Waals surface area contributed by atoms with E-state index >= 15 is 0 Å². The number of rotatable bonds is 14. The number of nitrogens with two attached hydrogens (primary N) is 1. The highest BCUT2D eigenvalue weighted by Gasteiger charge is 2.42. The number of unbranched alkanes of at least 4 members (excludes halogenated alkanes) is 1. The third kappa shape index (κ3) is 10.7. The van der Waals surface area contributed by atoms with Crippen molar-refractivity contribution < 1.29 is 42.4 Å². The van der Waals surface area contributed by atoms with Gasteiger partial charge in [-0.05, 0) is 50.0 Å². The van der Waals surface area contributed by atoms with Crippen molar-refractivity contribution in [1.82, 2.24) is 15.5 Å². The first-order valence-electron chi connectivity index (χ1n) is 13.1. The molecular weight excluding hydrogens is 546 g/mol. The monoisotopic (exact) mass is 584 g/mol. The standard InChI is InChI=1S/C26H38FN4O8P/c1-4-5-6-21(30-24(33)13-16(2)18-8-10-20(11-9-18)39-40(36,37)38)26(35)31-15-19(27)14-22(31)25(34)29-17(3)7-12-23(28)32/h8-11,13,17,19,21-22H,4-7,12,14-15H2,1-3H3,(H2,28,32)(H,29,34)(H,30,33)(H2,36,37,38)/b16-13+/t17-,19+,21+,22+/m1/s1. The summed E-state index contributed by atoms with van der Waals surface area (Å²) in [5.74, 6) is -2.21. The van der Waals surface area contributed by atoms with Crippen molar-refractivity contribution in [2.24, 2.45) is 5.73 Å². The van der Waals surface area contributed by atoms with Crippen molar-refractivity contribution in [1.29, 1.82) is 0 Å². The first kappa shape index (κ1) is 32.9. The van der Waals surface area contributed by atoms with Crippen LogP contribution in [0.4, 0.5) is 4.39 Å². The summed E-state index contributed by atoms with van der Waals surface area (Å²) in [5.41, 5.74) is 6.24. The fraction of sp³-hybridized carbons (Fsp3) is 0.538. The molecule has 1 aromatic carbocycles. The van der Waals surface area contributed by atoms with Crippen molar-refractivity contribution in [3.8, 4) is 5.75 Å². The second kappa shape index (κ2) is 14.9. The molecule has 222 valence electrons. The number of nitrogens with zero attached hydrogens (tertiary/aromatic N) is 1. The molecule has 0 spiro atoms. The summed E-state index contributed by atoms with van der Waals surface area (Å²) < 4.78 is 29.9. The van der Waals surface area contributed by atoms with E-state index in [9.17, 15) is 28.1 Å². The third-order valence-electron chi connectivity index (χ3n) is 6.39. The number of phosphoric acid groups is 1. The Labute approximate surface area is 232 Å². The summed E-state index contributed by atoms with van der Waals surface area (Å²) in [5, 5.41) is 5.39. The number of likely N-dealkylation sites (tertiary alicyclic amines) is 1. The number of amides is 4. The molecule has 4 atom stereocenters. The zero-order valence-corrected chi connectivity index (χ0v) is 23.7. The number of phosphoric ester groups is 1. The highest BCUT2D eigenvalue weighted by atomic mass is 31.2. The minimum Gasteiger partial charge on any atom is -0.404 e.